The molecule has 0 amide bonds. The van der Waals surface area contributed by atoms with Crippen LogP contribution in [-0.2, 0) is 4.74 Å². The third kappa shape index (κ3) is 14.4. The predicted octanol–water partition coefficient (Wildman–Crippen LogP) is 4.60. The van der Waals surface area contributed by atoms with E-state index in [0.29, 0.717) is 0 Å². The van der Waals surface area contributed by atoms with E-state index < -0.39 is 0 Å². The van der Waals surface area contributed by atoms with Crippen LogP contribution in [0.5, 0.6) is 0 Å². The number of rotatable bonds is 3. The van der Waals surface area contributed by atoms with Crippen molar-refractivity contribution in [1.29, 1.82) is 0 Å². The van der Waals surface area contributed by atoms with E-state index in [0.717, 1.165) is 28.5 Å². The van der Waals surface area contributed by atoms with Crippen LogP contribution in [0, 0.1) is 24.2 Å². The van der Waals surface area contributed by atoms with Gasteiger partial charge in [-0.2, -0.15) is 0 Å². The van der Waals surface area contributed by atoms with Crippen LogP contribution in [0.3, 0.4) is 0 Å². The maximum Gasteiger partial charge on any atom is 1.00 e. The first kappa shape index (κ1) is 33.0. The van der Waals surface area contributed by atoms with Crippen molar-refractivity contribution < 1.29 is 28.4 Å². The van der Waals surface area contributed by atoms with Crippen molar-refractivity contribution in [3.8, 4) is 17.8 Å². The van der Waals surface area contributed by atoms with Crippen LogP contribution in [0.25, 0.3) is 0 Å². The van der Waals surface area contributed by atoms with Crippen molar-refractivity contribution in [2.45, 2.75) is 6.10 Å². The quantitative estimate of drug-likeness (QED) is 0.0888. The second-order valence-electron chi connectivity index (χ2n) is 6.68. The molecule has 176 valence electrons. The first-order valence-electron chi connectivity index (χ1n) is 10.8. The summed E-state index contributed by atoms with van der Waals surface area (Å²) in [6.07, 6.45) is 7.36. The molecule has 0 N–H and O–H groups in total. The number of hydrogen-bond acceptors (Lipinski definition) is 2. The number of halogens is 1. The molecule has 36 heavy (non-hydrogen) atoms. The van der Waals surface area contributed by atoms with E-state index in [-0.39, 0.29) is 25.0 Å². The summed E-state index contributed by atoms with van der Waals surface area (Å²) < 4.78 is 5.38. The van der Waals surface area contributed by atoms with Gasteiger partial charge in [-0.05, 0) is 22.6 Å². The summed E-state index contributed by atoms with van der Waals surface area (Å²) >= 11 is 2.15. The number of alkyl halides is 1. The fraction of sp³-hybridized carbons (Fsp3) is 0.0938. The number of carbonyl (C=O) groups is 1. The molecule has 4 aromatic carbocycles. The van der Waals surface area contributed by atoms with E-state index in [1.165, 1.54) is 0 Å². The normalized spacial score (nSPS) is 9.17. The molecule has 0 saturated heterocycles. The summed E-state index contributed by atoms with van der Waals surface area (Å²) in [5, 5.41) is 0. The molecule has 1 unspecified atom stereocenters. The molecule has 2 nitrogen and oxygen atoms in total. The molecule has 0 spiro atoms. The topological polar surface area (TPSA) is 26.3 Å². The zero-order valence-corrected chi connectivity index (χ0v) is 23.1. The average molecular weight is 578 g/mol. The van der Waals surface area contributed by atoms with Crippen LogP contribution < -0.4 is 18.9 Å². The van der Waals surface area contributed by atoms with E-state index >= 15 is 0 Å². The van der Waals surface area contributed by atoms with Crippen molar-refractivity contribution in [2.75, 3.05) is 12.0 Å². The third-order valence-electron chi connectivity index (χ3n) is 4.31. The first-order valence-corrected chi connectivity index (χ1v) is 12.9. The monoisotopic (exact) mass is 578 g/mol. The molecule has 0 bridgehead atoms. The standard InChI is InChI=1S/C16H14O.C8H5.C7H6O.CH3I.Li/c1-17-16(15-10-6-3-7-11-15)13-12-14-8-4-2-5-9-14;1-2-8-6-4-3-5-7-8;8-6-7-4-2-1-3-5-7;1-2;/h2-11,16H,1H3;3-7H;1-6H;1H3;/q;-1;;;+1. The minimum Gasteiger partial charge on any atom is -0.366 e. The van der Waals surface area contributed by atoms with Gasteiger partial charge in [0.1, 0.15) is 12.4 Å². The summed E-state index contributed by atoms with van der Waals surface area (Å²) in [6, 6.07) is 38.4. The minimum absolute atomic E-state index is 0. The SMILES string of the molecule is CI.COC(C#Cc1ccccc1)c1ccccc1.O=Cc1ccccc1.[C-]#Cc1ccccc1.[Li+]. The average Bonchev–Trinajstić information content (AvgIpc) is 2.97. The molecule has 0 heterocycles. The van der Waals surface area contributed by atoms with Gasteiger partial charge in [-0.1, -0.05) is 131 Å². The molecule has 0 aliphatic carbocycles. The van der Waals surface area contributed by atoms with Gasteiger partial charge in [0.2, 0.25) is 0 Å². The fourth-order valence-electron chi connectivity index (χ4n) is 2.63. The van der Waals surface area contributed by atoms with Crippen molar-refractivity contribution in [3.63, 3.8) is 0 Å². The van der Waals surface area contributed by atoms with E-state index in [9.17, 15) is 4.79 Å². The van der Waals surface area contributed by atoms with Crippen LogP contribution in [-0.4, -0.2) is 18.3 Å². The van der Waals surface area contributed by atoms with Crippen molar-refractivity contribution >= 4 is 28.9 Å². The molecular formula is C32H28ILiO2. The van der Waals surface area contributed by atoms with Crippen LogP contribution in [0.1, 0.15) is 33.2 Å². The maximum atomic E-state index is 10.0. The van der Waals surface area contributed by atoms with Gasteiger partial charge >= 0.3 is 18.9 Å². The van der Waals surface area contributed by atoms with Gasteiger partial charge in [-0.3, -0.25) is 10.7 Å². The van der Waals surface area contributed by atoms with Crippen LogP contribution in [0.4, 0.5) is 0 Å². The molecule has 0 aliphatic heterocycles. The van der Waals surface area contributed by atoms with Crippen molar-refractivity contribution in [1.82, 2.24) is 0 Å². The van der Waals surface area contributed by atoms with E-state index in [1.807, 2.05) is 114 Å². The van der Waals surface area contributed by atoms with E-state index in [1.54, 1.807) is 19.2 Å². The Morgan fingerprint density at radius 2 is 1.14 bits per heavy atom. The predicted molar refractivity (Wildman–Crippen MR) is 154 cm³/mol. The second kappa shape index (κ2) is 22.4. The van der Waals surface area contributed by atoms with Gasteiger partial charge < -0.3 is 11.2 Å². The molecule has 0 radical (unpaired) electrons. The van der Waals surface area contributed by atoms with Gasteiger partial charge in [0.05, 0.1) is 0 Å². The van der Waals surface area contributed by atoms with Crippen molar-refractivity contribution in [3.05, 3.63) is 150 Å². The van der Waals surface area contributed by atoms with Crippen LogP contribution in [0.2, 0.25) is 0 Å². The second-order valence-corrected chi connectivity index (χ2v) is 6.68. The zero-order valence-electron chi connectivity index (χ0n) is 20.9. The van der Waals surface area contributed by atoms with E-state index in [2.05, 4.69) is 40.4 Å². The molecule has 0 fully saturated rings. The number of hydrogen-bond donors (Lipinski definition) is 0. The molecular weight excluding hydrogens is 550 g/mol. The van der Waals surface area contributed by atoms with Crippen molar-refractivity contribution in [2.24, 2.45) is 0 Å². The summed E-state index contributed by atoms with van der Waals surface area (Å²) in [5.74, 6) is 8.53. The number of carbonyl (C=O) groups excluding carboxylic acids is 1. The van der Waals surface area contributed by atoms with Gasteiger partial charge in [0.25, 0.3) is 0 Å². The van der Waals surface area contributed by atoms with Gasteiger partial charge in [-0.25, -0.2) is 0 Å². The molecule has 4 heteroatoms. The summed E-state index contributed by atoms with van der Waals surface area (Å²) in [4.78, 5) is 12.0. The minimum atomic E-state index is -0.170. The van der Waals surface area contributed by atoms with Gasteiger partial charge in [-0.15, -0.1) is 17.7 Å². The maximum absolute atomic E-state index is 10.0. The number of ether oxygens (including phenoxy) is 1. The Morgan fingerprint density at radius 3 is 1.50 bits per heavy atom. The van der Waals surface area contributed by atoms with Gasteiger partial charge in [0.15, 0.2) is 0 Å². The molecule has 0 aromatic heterocycles. The molecule has 0 aliphatic rings. The number of methoxy groups -OCH3 is 1. The first-order chi connectivity index (χ1) is 17.3. The Hall–Kier alpha value is -3.04. The smallest absolute Gasteiger partial charge is 0.366 e. The molecule has 1 atom stereocenters. The Morgan fingerprint density at radius 1 is 0.722 bits per heavy atom. The zero-order chi connectivity index (χ0) is 25.6. The number of benzene rings is 4. The van der Waals surface area contributed by atoms with Gasteiger partial charge in [0, 0.05) is 18.2 Å². The van der Waals surface area contributed by atoms with Crippen LogP contribution in [0.15, 0.2) is 121 Å². The Labute approximate surface area is 241 Å². The Balaban J connectivity index is 0.000000542. The number of aldehydes is 1. The third-order valence-corrected chi connectivity index (χ3v) is 4.31. The van der Waals surface area contributed by atoms with Crippen LogP contribution >= 0.6 is 22.6 Å². The Kier molecular flexibility index (Phi) is 20.5. The summed E-state index contributed by atoms with van der Waals surface area (Å²) in [6.45, 7) is 0. The van der Waals surface area contributed by atoms with E-state index in [4.69, 9.17) is 11.2 Å². The molecule has 4 aromatic rings. The largest absolute Gasteiger partial charge is 1.00 e. The summed E-state index contributed by atoms with van der Waals surface area (Å²) in [5.41, 5.74) is 3.64. The fourth-order valence-corrected chi connectivity index (χ4v) is 2.63. The molecule has 4 rings (SSSR count). The summed E-state index contributed by atoms with van der Waals surface area (Å²) in [7, 11) is 1.68. The molecule has 0 saturated carbocycles. The Bertz CT molecular complexity index is 1160.